The van der Waals surface area contributed by atoms with Crippen LogP contribution in [0, 0.1) is 13.8 Å². The van der Waals surface area contributed by atoms with Crippen LogP contribution in [0.15, 0.2) is 72.8 Å². The van der Waals surface area contributed by atoms with E-state index in [1.807, 2.05) is 0 Å². The van der Waals surface area contributed by atoms with Crippen molar-refractivity contribution in [2.75, 3.05) is 0 Å². The number of aryl methyl sites for hydroxylation is 2. The molecular formula is C20H18Cl2HfSi. The number of hydrogen-bond acceptors (Lipinski definition) is 0. The van der Waals surface area contributed by atoms with E-state index < -0.39 is 0 Å². The van der Waals surface area contributed by atoms with E-state index in [0.717, 1.165) is 0 Å². The molecule has 0 amide bonds. The van der Waals surface area contributed by atoms with Crippen molar-refractivity contribution in [3.8, 4) is 0 Å². The van der Waals surface area contributed by atoms with Gasteiger partial charge in [-0.25, -0.2) is 0 Å². The summed E-state index contributed by atoms with van der Waals surface area (Å²) in [6.07, 6.45) is 0. The number of rotatable bonds is 0. The van der Waals surface area contributed by atoms with Crippen molar-refractivity contribution in [1.82, 2.24) is 0 Å². The van der Waals surface area contributed by atoms with Crippen LogP contribution in [0.2, 0.25) is 0 Å². The number of fused-ring (bicyclic) bond motifs is 2. The minimum Gasteiger partial charge on any atom is -1.00 e. The molecule has 4 aromatic carbocycles. The van der Waals surface area contributed by atoms with Crippen molar-refractivity contribution in [3.63, 3.8) is 0 Å². The van der Waals surface area contributed by atoms with Gasteiger partial charge >= 0.3 is 25.8 Å². The Kier molecular flexibility index (Phi) is 12.6. The predicted molar refractivity (Wildman–Crippen MR) is 94.3 cm³/mol. The van der Waals surface area contributed by atoms with Gasteiger partial charge in [-0.2, -0.15) is 24.3 Å². The molecule has 0 aliphatic carbocycles. The quantitative estimate of drug-likeness (QED) is 0.208. The van der Waals surface area contributed by atoms with E-state index in [0.29, 0.717) is 0 Å². The maximum atomic E-state index is 2.16. The Labute approximate surface area is 180 Å². The molecule has 4 radical (unpaired) electrons. The van der Waals surface area contributed by atoms with E-state index in [1.54, 1.807) is 0 Å². The fourth-order valence-electron chi connectivity index (χ4n) is 2.61. The van der Waals surface area contributed by atoms with Crippen LogP contribution in [0.1, 0.15) is 11.1 Å². The van der Waals surface area contributed by atoms with Crippen LogP contribution in [0.5, 0.6) is 0 Å². The van der Waals surface area contributed by atoms with Gasteiger partial charge in [0.15, 0.2) is 0 Å². The largest absolute Gasteiger partial charge is 4.00 e. The van der Waals surface area contributed by atoms with Crippen molar-refractivity contribution < 1.29 is 50.7 Å². The predicted octanol–water partition coefficient (Wildman–Crippen LogP) is -0.641. The fraction of sp³-hybridized carbons (Fsp3) is 0.100. The Morgan fingerprint density at radius 3 is 1.25 bits per heavy atom. The summed E-state index contributed by atoms with van der Waals surface area (Å²) in [6.45, 7) is 4.28. The number of halogens is 2. The molecule has 0 saturated carbocycles. The first-order valence-electron chi connectivity index (χ1n) is 6.98. The van der Waals surface area contributed by atoms with Gasteiger partial charge in [0, 0.05) is 11.0 Å². The van der Waals surface area contributed by atoms with Gasteiger partial charge in [0.2, 0.25) is 0 Å². The first kappa shape index (κ1) is 25.6. The Hall–Kier alpha value is -0.673. The Balaban J connectivity index is 0. The average molecular weight is 536 g/mol. The maximum Gasteiger partial charge on any atom is 4.00 e. The fourth-order valence-corrected chi connectivity index (χ4v) is 2.61. The van der Waals surface area contributed by atoms with Gasteiger partial charge in [-0.15, -0.1) is 69.1 Å². The van der Waals surface area contributed by atoms with E-state index in [1.165, 1.54) is 32.7 Å². The molecule has 24 heavy (non-hydrogen) atoms. The average Bonchev–Trinajstić information content (AvgIpc) is 3.05. The van der Waals surface area contributed by atoms with E-state index in [9.17, 15) is 0 Å². The van der Waals surface area contributed by atoms with Gasteiger partial charge in [0.1, 0.15) is 0 Å². The molecule has 0 spiro atoms. The van der Waals surface area contributed by atoms with Gasteiger partial charge in [0.25, 0.3) is 0 Å². The third-order valence-electron chi connectivity index (χ3n) is 3.80. The van der Waals surface area contributed by atoms with Gasteiger partial charge in [-0.3, -0.25) is 0 Å². The van der Waals surface area contributed by atoms with Crippen LogP contribution >= 0.6 is 0 Å². The first-order chi connectivity index (χ1) is 9.75. The third-order valence-corrected chi connectivity index (χ3v) is 3.80. The zero-order chi connectivity index (χ0) is 13.9. The molecule has 120 valence electrons. The molecule has 0 fully saturated rings. The van der Waals surface area contributed by atoms with E-state index >= 15 is 0 Å². The second kappa shape index (κ2) is 11.8. The second-order valence-corrected chi connectivity index (χ2v) is 5.21. The molecule has 0 aromatic heterocycles. The van der Waals surface area contributed by atoms with Crippen LogP contribution in [0.25, 0.3) is 21.5 Å². The minimum absolute atomic E-state index is 0. The molecule has 0 nitrogen and oxygen atoms in total. The smallest absolute Gasteiger partial charge is 1.00 e. The summed E-state index contributed by atoms with van der Waals surface area (Å²) in [7, 11) is 0. The van der Waals surface area contributed by atoms with Crippen LogP contribution in [-0.2, 0) is 25.8 Å². The van der Waals surface area contributed by atoms with Gasteiger partial charge in [-0.05, 0) is 0 Å². The van der Waals surface area contributed by atoms with Crippen molar-refractivity contribution in [2.45, 2.75) is 13.8 Å². The number of hydrogen-bond donors (Lipinski definition) is 0. The van der Waals surface area contributed by atoms with Crippen LogP contribution in [0.3, 0.4) is 0 Å². The summed E-state index contributed by atoms with van der Waals surface area (Å²) in [5.41, 5.74) is 2.74. The molecule has 0 aliphatic rings. The summed E-state index contributed by atoms with van der Waals surface area (Å²) in [5, 5.41) is 5.45. The minimum atomic E-state index is 0. The summed E-state index contributed by atoms with van der Waals surface area (Å²) in [5.74, 6) is 0. The van der Waals surface area contributed by atoms with E-state index in [4.69, 9.17) is 0 Å². The number of benzene rings is 2. The Bertz CT molecular complexity index is 777. The van der Waals surface area contributed by atoms with Gasteiger partial charge in [0.05, 0.1) is 0 Å². The Morgan fingerprint density at radius 1 is 0.583 bits per heavy atom. The second-order valence-electron chi connectivity index (χ2n) is 5.21. The van der Waals surface area contributed by atoms with Gasteiger partial charge in [-0.1, -0.05) is 26.0 Å². The topological polar surface area (TPSA) is 0 Å². The molecule has 0 atom stereocenters. The molecule has 4 rings (SSSR count). The first-order valence-corrected chi connectivity index (χ1v) is 6.98. The van der Waals surface area contributed by atoms with Gasteiger partial charge < -0.3 is 24.8 Å². The molecule has 0 N–H and O–H groups in total. The molecular weight excluding hydrogens is 518 g/mol. The van der Waals surface area contributed by atoms with Crippen molar-refractivity contribution >= 4 is 32.5 Å². The molecule has 0 saturated heterocycles. The van der Waals surface area contributed by atoms with E-state index in [-0.39, 0.29) is 61.6 Å². The molecule has 0 aliphatic heterocycles. The molecule has 0 bridgehead atoms. The normalized spacial score (nSPS) is 8.75. The maximum absolute atomic E-state index is 2.16. The molecule has 0 heterocycles. The van der Waals surface area contributed by atoms with Crippen molar-refractivity contribution in [1.29, 1.82) is 0 Å². The zero-order valence-electron chi connectivity index (χ0n) is 13.7. The Morgan fingerprint density at radius 2 is 0.917 bits per heavy atom. The summed E-state index contributed by atoms with van der Waals surface area (Å²) < 4.78 is 0. The third kappa shape index (κ3) is 5.70. The summed E-state index contributed by atoms with van der Waals surface area (Å²) >= 11 is 0. The van der Waals surface area contributed by atoms with Crippen LogP contribution < -0.4 is 24.8 Å². The van der Waals surface area contributed by atoms with Crippen LogP contribution in [-0.4, -0.2) is 11.0 Å². The SMILES string of the molecule is C[c-]1ccc2ccccc21.C[c-]1ccc2ccccc21.[Cl-].[Cl-].[Hf+4].[Si]. The zero-order valence-corrected chi connectivity index (χ0v) is 19.8. The van der Waals surface area contributed by atoms with Crippen LogP contribution in [0.4, 0.5) is 0 Å². The molecule has 4 heteroatoms. The van der Waals surface area contributed by atoms with E-state index in [2.05, 4.69) is 86.6 Å². The van der Waals surface area contributed by atoms with Crippen molar-refractivity contribution in [3.05, 3.63) is 83.9 Å². The standard InChI is InChI=1S/2C10H9.2ClH.Hf.Si/c2*1-8-6-7-9-4-2-3-5-10(8)9;;;;/h2*2-7H,1H3;2*1H;;/q2*-1;;;+4;/p-2. The molecule has 4 aromatic rings. The molecule has 0 unspecified atom stereocenters. The monoisotopic (exact) mass is 536 g/mol. The summed E-state index contributed by atoms with van der Waals surface area (Å²) in [4.78, 5) is 0. The summed E-state index contributed by atoms with van der Waals surface area (Å²) in [6, 6.07) is 25.5. The van der Waals surface area contributed by atoms with Crippen molar-refractivity contribution in [2.24, 2.45) is 0 Å².